The van der Waals surface area contributed by atoms with Crippen molar-refractivity contribution >= 4 is 35.5 Å². The van der Waals surface area contributed by atoms with Gasteiger partial charge in [0.25, 0.3) is 5.91 Å². The van der Waals surface area contributed by atoms with Gasteiger partial charge in [0.05, 0.1) is 12.3 Å². The highest BCUT2D eigenvalue weighted by Gasteiger charge is 2.31. The normalized spacial score (nSPS) is 14.2. The molecule has 1 aromatic carbocycles. The van der Waals surface area contributed by atoms with Crippen LogP contribution >= 0.6 is 11.6 Å². The first-order valence-electron chi connectivity index (χ1n) is 11.2. The van der Waals surface area contributed by atoms with Crippen LogP contribution in [0.15, 0.2) is 42.5 Å². The van der Waals surface area contributed by atoms with Gasteiger partial charge in [0.15, 0.2) is 0 Å². The van der Waals surface area contributed by atoms with Crippen molar-refractivity contribution in [2.75, 3.05) is 32.8 Å². The minimum Gasteiger partial charge on any atom is -0.481 e. The van der Waals surface area contributed by atoms with Crippen LogP contribution in [0.25, 0.3) is 11.3 Å². The maximum absolute atomic E-state index is 13.2. The number of hydrogen-bond acceptors (Lipinski definition) is 6. The molecule has 0 bridgehead atoms. The van der Waals surface area contributed by atoms with E-state index in [4.69, 9.17) is 21.4 Å². The molecule has 3 amide bonds. The molecule has 1 atom stereocenters. The Kier molecular flexibility index (Phi) is 9.02. The second kappa shape index (κ2) is 12.2. The molecular formula is C24H27ClN4O6. The Morgan fingerprint density at radius 3 is 2.37 bits per heavy atom. The summed E-state index contributed by atoms with van der Waals surface area (Å²) >= 11 is 6.21. The molecule has 11 heteroatoms. The number of rotatable bonds is 8. The van der Waals surface area contributed by atoms with Crippen molar-refractivity contribution < 1.29 is 29.0 Å². The molecule has 1 unspecified atom stereocenters. The van der Waals surface area contributed by atoms with Gasteiger partial charge >= 0.3 is 12.1 Å². The van der Waals surface area contributed by atoms with E-state index >= 15 is 0 Å². The van der Waals surface area contributed by atoms with Crippen LogP contribution in [0.2, 0.25) is 5.02 Å². The minimum absolute atomic E-state index is 0.0107. The van der Waals surface area contributed by atoms with E-state index in [1.54, 1.807) is 13.0 Å². The predicted octanol–water partition coefficient (Wildman–Crippen LogP) is 2.67. The second-order valence-corrected chi connectivity index (χ2v) is 8.33. The van der Waals surface area contributed by atoms with Crippen LogP contribution in [0, 0.1) is 0 Å². The smallest absolute Gasteiger partial charge is 0.409 e. The first kappa shape index (κ1) is 26.0. The van der Waals surface area contributed by atoms with Gasteiger partial charge in [0, 0.05) is 43.2 Å². The van der Waals surface area contributed by atoms with Gasteiger partial charge < -0.3 is 25.0 Å². The van der Waals surface area contributed by atoms with E-state index in [1.165, 1.54) is 15.9 Å². The quantitative estimate of drug-likeness (QED) is 0.567. The fourth-order valence-electron chi connectivity index (χ4n) is 3.67. The molecule has 0 saturated carbocycles. The molecule has 10 nitrogen and oxygen atoms in total. The molecule has 3 rings (SSSR count). The van der Waals surface area contributed by atoms with Gasteiger partial charge in [-0.3, -0.25) is 14.4 Å². The molecule has 2 heterocycles. The summed E-state index contributed by atoms with van der Waals surface area (Å²) < 4.78 is 4.99. The monoisotopic (exact) mass is 502 g/mol. The van der Waals surface area contributed by atoms with Crippen molar-refractivity contribution in [3.05, 3.63) is 53.2 Å². The number of carbonyl (C=O) groups is 4. The SMILES string of the molecule is CCOC(=O)N1CCN(C(=O)C(CCC(=O)O)NC(=O)c2cc(Cl)cc(-c3ccccc3)n2)CC1. The Morgan fingerprint density at radius 2 is 1.74 bits per heavy atom. The predicted molar refractivity (Wildman–Crippen MR) is 128 cm³/mol. The van der Waals surface area contributed by atoms with Crippen LogP contribution in [0.1, 0.15) is 30.3 Å². The maximum atomic E-state index is 13.2. The number of hydrogen-bond donors (Lipinski definition) is 2. The van der Waals surface area contributed by atoms with Crippen LogP contribution < -0.4 is 5.32 Å². The van der Waals surface area contributed by atoms with Gasteiger partial charge in [0.2, 0.25) is 5.91 Å². The first-order chi connectivity index (χ1) is 16.8. The average molecular weight is 503 g/mol. The summed E-state index contributed by atoms with van der Waals surface area (Å²) in [4.78, 5) is 56.6. The van der Waals surface area contributed by atoms with E-state index in [0.717, 1.165) is 5.56 Å². The number of nitrogens with one attached hydrogen (secondary N) is 1. The lowest BCUT2D eigenvalue weighted by molar-refractivity contribution is -0.138. The minimum atomic E-state index is -1.09. The summed E-state index contributed by atoms with van der Waals surface area (Å²) in [6.45, 7) is 3.01. The lowest BCUT2D eigenvalue weighted by Gasteiger charge is -2.35. The summed E-state index contributed by atoms with van der Waals surface area (Å²) in [6, 6.07) is 11.1. The number of piperazine rings is 1. The Bertz CT molecular complexity index is 1070. The maximum Gasteiger partial charge on any atom is 0.409 e. The highest BCUT2D eigenvalue weighted by atomic mass is 35.5. The summed E-state index contributed by atoms with van der Waals surface area (Å²) in [7, 11) is 0. The number of nitrogens with zero attached hydrogens (tertiary/aromatic N) is 3. The Morgan fingerprint density at radius 1 is 1.09 bits per heavy atom. The molecule has 2 aromatic rings. The fraction of sp³-hybridized carbons (Fsp3) is 0.375. The van der Waals surface area contributed by atoms with Crippen molar-refractivity contribution in [1.82, 2.24) is 20.1 Å². The largest absolute Gasteiger partial charge is 0.481 e. The third-order valence-corrected chi connectivity index (χ3v) is 5.68. The molecule has 0 aliphatic carbocycles. The molecule has 35 heavy (non-hydrogen) atoms. The number of aromatic nitrogens is 1. The van der Waals surface area contributed by atoms with Crippen LogP contribution in [0.5, 0.6) is 0 Å². The lowest BCUT2D eigenvalue weighted by Crippen LogP contribution is -2.56. The highest BCUT2D eigenvalue weighted by Crippen LogP contribution is 2.22. The highest BCUT2D eigenvalue weighted by molar-refractivity contribution is 6.31. The van der Waals surface area contributed by atoms with E-state index in [-0.39, 0.29) is 51.3 Å². The van der Waals surface area contributed by atoms with Crippen LogP contribution in [0.4, 0.5) is 4.79 Å². The number of pyridine rings is 1. The van der Waals surface area contributed by atoms with Crippen LogP contribution in [0.3, 0.4) is 0 Å². The van der Waals surface area contributed by atoms with Crippen LogP contribution in [-0.2, 0) is 14.3 Å². The standard InChI is InChI=1S/C24H27ClN4O6/c1-2-35-24(34)29-12-10-28(11-13-29)23(33)18(8-9-21(30)31)27-22(32)20-15-17(25)14-19(26-20)16-6-4-3-5-7-16/h3-7,14-15,18H,2,8-13H2,1H3,(H,27,32)(H,30,31). The third-order valence-electron chi connectivity index (χ3n) is 5.46. The number of carbonyl (C=O) groups excluding carboxylic acids is 3. The van der Waals surface area contributed by atoms with Gasteiger partial charge in [-0.1, -0.05) is 41.9 Å². The van der Waals surface area contributed by atoms with E-state index < -0.39 is 29.9 Å². The van der Waals surface area contributed by atoms with Crippen molar-refractivity contribution in [3.63, 3.8) is 0 Å². The number of ether oxygens (including phenoxy) is 1. The van der Waals surface area contributed by atoms with Crippen molar-refractivity contribution in [3.8, 4) is 11.3 Å². The van der Waals surface area contributed by atoms with Gasteiger partial charge in [-0.05, 0) is 25.5 Å². The summed E-state index contributed by atoms with van der Waals surface area (Å²) in [5, 5.41) is 12.1. The molecule has 1 aromatic heterocycles. The molecular weight excluding hydrogens is 476 g/mol. The zero-order valence-electron chi connectivity index (χ0n) is 19.3. The first-order valence-corrected chi connectivity index (χ1v) is 11.6. The van der Waals surface area contributed by atoms with Crippen molar-refractivity contribution in [2.45, 2.75) is 25.8 Å². The molecule has 1 aliphatic heterocycles. The van der Waals surface area contributed by atoms with Crippen molar-refractivity contribution in [1.29, 1.82) is 0 Å². The molecule has 186 valence electrons. The second-order valence-electron chi connectivity index (χ2n) is 7.89. The zero-order valence-corrected chi connectivity index (χ0v) is 20.0. The number of benzene rings is 1. The number of carboxylic acid groups (broad SMARTS) is 1. The zero-order chi connectivity index (χ0) is 25.4. The van der Waals surface area contributed by atoms with E-state index in [0.29, 0.717) is 10.7 Å². The lowest BCUT2D eigenvalue weighted by atomic mass is 10.1. The van der Waals surface area contributed by atoms with Gasteiger partial charge in [0.1, 0.15) is 11.7 Å². The van der Waals surface area contributed by atoms with Crippen LogP contribution in [-0.4, -0.2) is 82.6 Å². The molecule has 2 N–H and O–H groups in total. The molecule has 1 fully saturated rings. The van der Waals surface area contributed by atoms with E-state index in [9.17, 15) is 19.2 Å². The third kappa shape index (κ3) is 7.16. The number of aliphatic carboxylic acids is 1. The summed E-state index contributed by atoms with van der Waals surface area (Å²) in [5.74, 6) is -2.15. The Hall–Kier alpha value is -3.66. The van der Waals surface area contributed by atoms with E-state index in [1.807, 2.05) is 30.3 Å². The Labute approximate surface area is 207 Å². The fourth-order valence-corrected chi connectivity index (χ4v) is 3.88. The Balaban J connectivity index is 1.73. The molecule has 0 spiro atoms. The van der Waals surface area contributed by atoms with E-state index in [2.05, 4.69) is 10.3 Å². The van der Waals surface area contributed by atoms with Gasteiger partial charge in [-0.25, -0.2) is 9.78 Å². The van der Waals surface area contributed by atoms with Gasteiger partial charge in [-0.15, -0.1) is 0 Å². The topological polar surface area (TPSA) is 129 Å². The molecule has 1 aliphatic rings. The average Bonchev–Trinajstić information content (AvgIpc) is 2.86. The number of amides is 3. The summed E-state index contributed by atoms with van der Waals surface area (Å²) in [6.07, 6.45) is -0.849. The molecule has 0 radical (unpaired) electrons. The number of halogens is 1. The summed E-state index contributed by atoms with van der Waals surface area (Å²) in [5.41, 5.74) is 1.27. The number of carboxylic acids is 1. The van der Waals surface area contributed by atoms with Crippen molar-refractivity contribution in [2.24, 2.45) is 0 Å². The molecule has 1 saturated heterocycles. The van der Waals surface area contributed by atoms with Gasteiger partial charge in [-0.2, -0.15) is 0 Å².